The molecule has 0 aliphatic carbocycles. The van der Waals surface area contributed by atoms with Crippen LogP contribution in [-0.4, -0.2) is 30.1 Å². The molecule has 2 N–H and O–H groups in total. The molecule has 23 heavy (non-hydrogen) atoms. The van der Waals surface area contributed by atoms with Crippen LogP contribution in [0.15, 0.2) is 24.3 Å². The third-order valence-electron chi connectivity index (χ3n) is 3.69. The van der Waals surface area contributed by atoms with Crippen molar-refractivity contribution in [2.75, 3.05) is 13.2 Å². The monoisotopic (exact) mass is 321 g/mol. The summed E-state index contributed by atoms with van der Waals surface area (Å²) in [5, 5.41) is 11.8. The molecule has 0 atom stereocenters. The molecule has 1 aromatic carbocycles. The lowest BCUT2D eigenvalue weighted by atomic mass is 9.90. The minimum absolute atomic E-state index is 0.208. The molecule has 1 amide bonds. The predicted octanol–water partition coefficient (Wildman–Crippen LogP) is 3.34. The molecule has 0 bridgehead atoms. The fourth-order valence-electron chi connectivity index (χ4n) is 1.81. The Kier molecular flexibility index (Phi) is 7.07. The van der Waals surface area contributed by atoms with Gasteiger partial charge in [0.1, 0.15) is 5.75 Å². The number of rotatable bonds is 9. The van der Waals surface area contributed by atoms with Crippen LogP contribution in [0.2, 0.25) is 0 Å². The zero-order valence-electron chi connectivity index (χ0n) is 14.4. The van der Waals surface area contributed by atoms with Crippen LogP contribution in [0, 0.1) is 11.3 Å². The van der Waals surface area contributed by atoms with Gasteiger partial charge in [0.05, 0.1) is 12.0 Å². The van der Waals surface area contributed by atoms with Crippen LogP contribution < -0.4 is 10.1 Å². The third kappa shape index (κ3) is 6.72. The van der Waals surface area contributed by atoms with Crippen molar-refractivity contribution >= 4 is 11.9 Å². The maximum absolute atomic E-state index is 12.0. The molecule has 5 heteroatoms. The first-order chi connectivity index (χ1) is 10.7. The first-order valence-corrected chi connectivity index (χ1v) is 7.97. The van der Waals surface area contributed by atoms with E-state index in [1.54, 1.807) is 38.1 Å². The minimum atomic E-state index is -0.866. The standard InChI is InChI=1S/C18H27NO4/c1-13(2)9-12-23-15-7-5-14(6-8-15)16(20)19-11-10-18(3,4)17(21)22/h5-8,13H,9-12H2,1-4H3,(H,19,20)(H,21,22). The van der Waals surface area contributed by atoms with Gasteiger partial charge in [0.15, 0.2) is 0 Å². The Morgan fingerprint density at radius 3 is 2.35 bits per heavy atom. The number of hydrogen-bond acceptors (Lipinski definition) is 3. The van der Waals surface area contributed by atoms with Gasteiger partial charge in [-0.25, -0.2) is 0 Å². The number of ether oxygens (including phenoxy) is 1. The average Bonchev–Trinajstić information content (AvgIpc) is 2.47. The highest BCUT2D eigenvalue weighted by Crippen LogP contribution is 2.19. The van der Waals surface area contributed by atoms with Crippen LogP contribution in [0.5, 0.6) is 5.75 Å². The van der Waals surface area contributed by atoms with Gasteiger partial charge in [-0.05, 0) is 56.9 Å². The van der Waals surface area contributed by atoms with E-state index in [0.717, 1.165) is 12.2 Å². The molecule has 5 nitrogen and oxygen atoms in total. The van der Waals surface area contributed by atoms with E-state index < -0.39 is 11.4 Å². The van der Waals surface area contributed by atoms with E-state index in [1.165, 1.54) is 0 Å². The van der Waals surface area contributed by atoms with E-state index in [-0.39, 0.29) is 5.91 Å². The van der Waals surface area contributed by atoms with Gasteiger partial charge in [-0.15, -0.1) is 0 Å². The summed E-state index contributed by atoms with van der Waals surface area (Å²) >= 11 is 0. The van der Waals surface area contributed by atoms with E-state index in [1.807, 2.05) is 0 Å². The molecule has 128 valence electrons. The smallest absolute Gasteiger partial charge is 0.309 e. The number of carbonyl (C=O) groups is 2. The molecule has 0 radical (unpaired) electrons. The second-order valence-corrected chi connectivity index (χ2v) is 6.75. The van der Waals surface area contributed by atoms with E-state index >= 15 is 0 Å². The number of hydrogen-bond donors (Lipinski definition) is 2. The van der Waals surface area contributed by atoms with Crippen molar-refractivity contribution in [2.24, 2.45) is 11.3 Å². The fourth-order valence-corrected chi connectivity index (χ4v) is 1.81. The number of carboxylic acids is 1. The predicted molar refractivity (Wildman–Crippen MR) is 89.8 cm³/mol. The van der Waals surface area contributed by atoms with Crippen LogP contribution in [0.4, 0.5) is 0 Å². The molecule has 0 heterocycles. The molecular weight excluding hydrogens is 294 g/mol. The molecule has 0 unspecified atom stereocenters. The SMILES string of the molecule is CC(C)CCOc1ccc(C(=O)NCCC(C)(C)C(=O)O)cc1. The van der Waals surface area contributed by atoms with Crippen molar-refractivity contribution in [2.45, 2.75) is 40.5 Å². The van der Waals surface area contributed by atoms with E-state index in [9.17, 15) is 9.59 Å². The average molecular weight is 321 g/mol. The summed E-state index contributed by atoms with van der Waals surface area (Å²) in [6.45, 7) is 8.55. The normalized spacial score (nSPS) is 11.3. The van der Waals surface area contributed by atoms with Gasteiger partial charge >= 0.3 is 5.97 Å². The van der Waals surface area contributed by atoms with Crippen molar-refractivity contribution in [3.05, 3.63) is 29.8 Å². The Balaban J connectivity index is 2.43. The maximum atomic E-state index is 12.0. The quantitative estimate of drug-likeness (QED) is 0.731. The van der Waals surface area contributed by atoms with Gasteiger partial charge in [0, 0.05) is 12.1 Å². The molecule has 0 spiro atoms. The second kappa shape index (κ2) is 8.56. The first kappa shape index (κ1) is 19.0. The van der Waals surface area contributed by atoms with Crippen molar-refractivity contribution < 1.29 is 19.4 Å². The summed E-state index contributed by atoms with van der Waals surface area (Å²) in [5.41, 5.74) is -0.309. The van der Waals surface area contributed by atoms with Gasteiger partial charge in [-0.3, -0.25) is 9.59 Å². The fraction of sp³-hybridized carbons (Fsp3) is 0.556. The lowest BCUT2D eigenvalue weighted by molar-refractivity contribution is -0.147. The van der Waals surface area contributed by atoms with Crippen LogP contribution in [0.1, 0.15) is 50.9 Å². The van der Waals surface area contributed by atoms with Crippen molar-refractivity contribution in [1.29, 1.82) is 0 Å². The van der Waals surface area contributed by atoms with Crippen molar-refractivity contribution in [3.8, 4) is 5.75 Å². The molecule has 0 saturated carbocycles. The number of nitrogens with one attached hydrogen (secondary N) is 1. The van der Waals surface area contributed by atoms with Gasteiger partial charge in [-0.1, -0.05) is 13.8 Å². The summed E-state index contributed by atoms with van der Waals surface area (Å²) in [5.74, 6) is 0.263. The second-order valence-electron chi connectivity index (χ2n) is 6.75. The molecule has 0 aromatic heterocycles. The van der Waals surface area contributed by atoms with E-state index in [0.29, 0.717) is 31.1 Å². The molecule has 0 fully saturated rings. The zero-order chi connectivity index (χ0) is 17.5. The molecule has 0 aliphatic heterocycles. The largest absolute Gasteiger partial charge is 0.494 e. The minimum Gasteiger partial charge on any atom is -0.494 e. The number of carbonyl (C=O) groups excluding carboxylic acids is 1. The van der Waals surface area contributed by atoms with Gasteiger partial charge < -0.3 is 15.2 Å². The van der Waals surface area contributed by atoms with E-state index in [2.05, 4.69) is 19.2 Å². The topological polar surface area (TPSA) is 75.6 Å². The Morgan fingerprint density at radius 2 is 1.83 bits per heavy atom. The molecule has 0 saturated heterocycles. The Bertz CT molecular complexity index is 520. The number of aliphatic carboxylic acids is 1. The highest BCUT2D eigenvalue weighted by atomic mass is 16.5. The summed E-state index contributed by atoms with van der Waals surface area (Å²) in [6, 6.07) is 6.97. The van der Waals surface area contributed by atoms with Crippen LogP contribution >= 0.6 is 0 Å². The highest BCUT2D eigenvalue weighted by Gasteiger charge is 2.26. The summed E-state index contributed by atoms with van der Waals surface area (Å²) in [4.78, 5) is 23.0. The van der Waals surface area contributed by atoms with E-state index in [4.69, 9.17) is 9.84 Å². The number of benzene rings is 1. The summed E-state index contributed by atoms with van der Waals surface area (Å²) < 4.78 is 5.61. The number of carboxylic acid groups (broad SMARTS) is 1. The first-order valence-electron chi connectivity index (χ1n) is 7.97. The molecule has 1 rings (SSSR count). The zero-order valence-corrected chi connectivity index (χ0v) is 14.4. The lowest BCUT2D eigenvalue weighted by Gasteiger charge is -2.18. The van der Waals surface area contributed by atoms with Crippen LogP contribution in [0.3, 0.4) is 0 Å². The van der Waals surface area contributed by atoms with Crippen molar-refractivity contribution in [1.82, 2.24) is 5.32 Å². The van der Waals surface area contributed by atoms with Crippen LogP contribution in [0.25, 0.3) is 0 Å². The summed E-state index contributed by atoms with van der Waals surface area (Å²) in [7, 11) is 0. The Hall–Kier alpha value is -2.04. The van der Waals surface area contributed by atoms with Gasteiger partial charge in [-0.2, -0.15) is 0 Å². The van der Waals surface area contributed by atoms with Gasteiger partial charge in [0.25, 0.3) is 5.91 Å². The molecule has 0 aliphatic rings. The lowest BCUT2D eigenvalue weighted by Crippen LogP contribution is -2.31. The Labute approximate surface area is 138 Å². The summed E-state index contributed by atoms with van der Waals surface area (Å²) in [6.07, 6.45) is 1.37. The number of amides is 1. The Morgan fingerprint density at radius 1 is 1.22 bits per heavy atom. The third-order valence-corrected chi connectivity index (χ3v) is 3.69. The molecular formula is C18H27NO4. The van der Waals surface area contributed by atoms with Crippen molar-refractivity contribution in [3.63, 3.8) is 0 Å². The van der Waals surface area contributed by atoms with Gasteiger partial charge in [0.2, 0.25) is 0 Å². The highest BCUT2D eigenvalue weighted by molar-refractivity contribution is 5.94. The van der Waals surface area contributed by atoms with Crippen LogP contribution in [-0.2, 0) is 4.79 Å². The maximum Gasteiger partial charge on any atom is 0.309 e. The molecule has 1 aromatic rings.